The summed E-state index contributed by atoms with van der Waals surface area (Å²) in [4.78, 5) is 0.0731. The lowest BCUT2D eigenvalue weighted by atomic mass is 10.2. The molecule has 0 bridgehead atoms. The topological polar surface area (TPSA) is 0 Å². The smallest absolute Gasteiger partial charge is 0.204 e. The molecule has 14 heavy (non-hydrogen) atoms. The van der Waals surface area contributed by atoms with Crippen LogP contribution in [0.1, 0.15) is 11.3 Å². The summed E-state index contributed by atoms with van der Waals surface area (Å²) in [6, 6.07) is 5.09. The van der Waals surface area contributed by atoms with Crippen molar-refractivity contribution in [1.82, 2.24) is 0 Å². The second kappa shape index (κ2) is 3.90. The van der Waals surface area contributed by atoms with E-state index in [0.29, 0.717) is 10.4 Å². The molecule has 2 rings (SSSR count). The first-order valence-electron chi connectivity index (χ1n) is 3.74. The Bertz CT molecular complexity index is 481. The second-order valence-corrected chi connectivity index (χ2v) is 5.52. The minimum absolute atomic E-state index is 0.0731. The molecule has 2 aromatic rings. The Labute approximate surface area is 102 Å². The van der Waals surface area contributed by atoms with Gasteiger partial charge in [0.1, 0.15) is 0 Å². The van der Waals surface area contributed by atoms with Crippen LogP contribution in [-0.4, -0.2) is 0 Å². The van der Waals surface area contributed by atoms with Crippen LogP contribution in [0.4, 0.5) is 8.78 Å². The van der Waals surface area contributed by atoms with Crippen LogP contribution in [-0.2, 0) is 0 Å². The lowest BCUT2D eigenvalue weighted by Crippen LogP contribution is -1.73. The molecule has 5 heteroatoms. The lowest BCUT2D eigenvalue weighted by molar-refractivity contribution is 0.156. The lowest BCUT2D eigenvalue weighted by Gasteiger charge is -1.94. The van der Waals surface area contributed by atoms with Gasteiger partial charge in [0.25, 0.3) is 6.43 Å². The van der Waals surface area contributed by atoms with Gasteiger partial charge in [-0.15, -0.1) is 11.3 Å². The zero-order valence-electron chi connectivity index (χ0n) is 6.73. The number of hydrogen-bond acceptors (Lipinski definition) is 1. The van der Waals surface area contributed by atoms with Crippen molar-refractivity contribution in [2.45, 2.75) is 6.43 Å². The highest BCUT2D eigenvalue weighted by molar-refractivity contribution is 14.1. The van der Waals surface area contributed by atoms with E-state index in [2.05, 4.69) is 22.6 Å². The van der Waals surface area contributed by atoms with Gasteiger partial charge in [-0.1, -0.05) is 11.6 Å². The van der Waals surface area contributed by atoms with E-state index in [4.69, 9.17) is 11.6 Å². The Hall–Kier alpha value is 0.0600. The van der Waals surface area contributed by atoms with Gasteiger partial charge in [0, 0.05) is 13.7 Å². The summed E-state index contributed by atoms with van der Waals surface area (Å²) in [5.74, 6) is 0. The normalized spacial score (nSPS) is 11.5. The molecule has 0 saturated carbocycles. The minimum Gasteiger partial charge on any atom is -0.204 e. The van der Waals surface area contributed by atoms with Crippen LogP contribution < -0.4 is 0 Å². The minimum atomic E-state index is -2.42. The van der Waals surface area contributed by atoms with Crippen LogP contribution in [0.2, 0.25) is 5.02 Å². The summed E-state index contributed by atoms with van der Waals surface area (Å²) < 4.78 is 26.6. The molecule has 1 heterocycles. The molecule has 0 radical (unpaired) electrons. The van der Waals surface area contributed by atoms with Gasteiger partial charge in [0.2, 0.25) is 0 Å². The Balaban J connectivity index is 2.70. The first-order valence-corrected chi connectivity index (χ1v) is 6.02. The number of hydrogen-bond donors (Lipinski definition) is 0. The zero-order valence-corrected chi connectivity index (χ0v) is 10.5. The van der Waals surface area contributed by atoms with Crippen LogP contribution in [0, 0.1) is 3.57 Å². The van der Waals surface area contributed by atoms with E-state index < -0.39 is 6.43 Å². The fourth-order valence-corrected chi connectivity index (χ4v) is 3.52. The molecule has 0 aliphatic rings. The maximum absolute atomic E-state index is 12.4. The molecule has 0 aliphatic carbocycles. The standard InChI is InChI=1S/C9H4ClF2IS/c10-6-1-4(13)2-7-5(6)3-8(14-7)9(11)12/h1-3,9H. The average molecular weight is 345 g/mol. The molecule has 1 aromatic carbocycles. The predicted octanol–water partition coefficient (Wildman–Crippen LogP) is 5.10. The summed E-state index contributed by atoms with van der Waals surface area (Å²) in [5, 5.41) is 1.25. The van der Waals surface area contributed by atoms with Gasteiger partial charge in [-0.2, -0.15) is 0 Å². The molecule has 0 N–H and O–H groups in total. The molecule has 0 saturated heterocycles. The second-order valence-electron chi connectivity index (χ2n) is 2.75. The van der Waals surface area contributed by atoms with Crippen LogP contribution in [0.25, 0.3) is 10.1 Å². The summed E-state index contributed by atoms with van der Waals surface area (Å²) >= 11 is 9.15. The first kappa shape index (κ1) is 10.6. The third-order valence-corrected chi connectivity index (χ3v) is 3.81. The van der Waals surface area contributed by atoms with Gasteiger partial charge >= 0.3 is 0 Å². The van der Waals surface area contributed by atoms with E-state index in [-0.39, 0.29) is 4.88 Å². The largest absolute Gasteiger partial charge is 0.272 e. The maximum Gasteiger partial charge on any atom is 0.272 e. The Morgan fingerprint density at radius 3 is 2.64 bits per heavy atom. The molecule has 74 valence electrons. The van der Waals surface area contributed by atoms with Crippen molar-refractivity contribution in [3.63, 3.8) is 0 Å². The van der Waals surface area contributed by atoms with Crippen molar-refractivity contribution in [1.29, 1.82) is 0 Å². The summed E-state index contributed by atoms with van der Waals surface area (Å²) in [6.45, 7) is 0. The summed E-state index contributed by atoms with van der Waals surface area (Å²) in [5.41, 5.74) is 0. The van der Waals surface area contributed by atoms with Crippen LogP contribution >= 0.6 is 45.5 Å². The van der Waals surface area contributed by atoms with Crippen LogP contribution in [0.15, 0.2) is 18.2 Å². The van der Waals surface area contributed by atoms with E-state index in [9.17, 15) is 8.78 Å². The summed E-state index contributed by atoms with van der Waals surface area (Å²) in [6.07, 6.45) is -2.42. The van der Waals surface area contributed by atoms with Crippen molar-refractivity contribution in [2.75, 3.05) is 0 Å². The molecular formula is C9H4ClF2IS. The van der Waals surface area contributed by atoms with Crippen molar-refractivity contribution in [3.8, 4) is 0 Å². The van der Waals surface area contributed by atoms with E-state index in [1.165, 1.54) is 6.07 Å². The monoisotopic (exact) mass is 344 g/mol. The van der Waals surface area contributed by atoms with Gasteiger partial charge in [-0.25, -0.2) is 8.78 Å². The number of fused-ring (bicyclic) bond motifs is 1. The highest BCUT2D eigenvalue weighted by Crippen LogP contribution is 2.36. The molecule has 0 aliphatic heterocycles. The molecule has 0 nitrogen and oxygen atoms in total. The highest BCUT2D eigenvalue weighted by Gasteiger charge is 2.13. The Morgan fingerprint density at radius 1 is 1.29 bits per heavy atom. The average Bonchev–Trinajstić information content (AvgIpc) is 2.47. The maximum atomic E-state index is 12.4. The van der Waals surface area contributed by atoms with Gasteiger partial charge in [-0.05, 0) is 40.8 Å². The van der Waals surface area contributed by atoms with Crippen LogP contribution in [0.3, 0.4) is 0 Å². The number of alkyl halides is 2. The van der Waals surface area contributed by atoms with Gasteiger partial charge in [0.15, 0.2) is 0 Å². The number of rotatable bonds is 1. The fraction of sp³-hybridized carbons (Fsp3) is 0.111. The molecule has 1 aromatic heterocycles. The van der Waals surface area contributed by atoms with E-state index in [1.54, 1.807) is 6.07 Å². The van der Waals surface area contributed by atoms with E-state index in [1.807, 2.05) is 6.07 Å². The molecule has 0 fully saturated rings. The van der Waals surface area contributed by atoms with Crippen molar-refractivity contribution < 1.29 is 8.78 Å². The fourth-order valence-electron chi connectivity index (χ4n) is 1.19. The molecular weight excluding hydrogens is 341 g/mol. The van der Waals surface area contributed by atoms with Gasteiger partial charge in [0.05, 0.1) is 9.90 Å². The number of thiophene rings is 1. The predicted molar refractivity (Wildman–Crippen MR) is 64.5 cm³/mol. The highest BCUT2D eigenvalue weighted by atomic mass is 127. The summed E-state index contributed by atoms with van der Waals surface area (Å²) in [7, 11) is 0. The zero-order chi connectivity index (χ0) is 10.3. The SMILES string of the molecule is FC(F)c1cc2c(Cl)cc(I)cc2s1. The number of benzene rings is 1. The Kier molecular flexibility index (Phi) is 2.95. The Morgan fingerprint density at radius 2 is 2.00 bits per heavy atom. The third kappa shape index (κ3) is 1.87. The third-order valence-electron chi connectivity index (χ3n) is 1.79. The molecule has 0 atom stereocenters. The van der Waals surface area contributed by atoms with E-state index in [0.717, 1.165) is 19.6 Å². The van der Waals surface area contributed by atoms with Crippen LogP contribution in [0.5, 0.6) is 0 Å². The van der Waals surface area contributed by atoms with Crippen molar-refractivity contribution in [3.05, 3.63) is 31.7 Å². The van der Waals surface area contributed by atoms with Gasteiger partial charge < -0.3 is 0 Å². The number of halogens is 4. The van der Waals surface area contributed by atoms with Crippen molar-refractivity contribution in [2.24, 2.45) is 0 Å². The molecule has 0 amide bonds. The molecule has 0 unspecified atom stereocenters. The first-order chi connectivity index (χ1) is 6.58. The van der Waals surface area contributed by atoms with Crippen molar-refractivity contribution >= 4 is 55.6 Å². The van der Waals surface area contributed by atoms with Gasteiger partial charge in [-0.3, -0.25) is 0 Å². The molecule has 0 spiro atoms. The van der Waals surface area contributed by atoms with E-state index >= 15 is 0 Å². The quantitative estimate of drug-likeness (QED) is 0.632.